The Hall–Kier alpha value is -0.970. The van der Waals surface area contributed by atoms with Gasteiger partial charge in [0, 0.05) is 17.3 Å². The highest BCUT2D eigenvalue weighted by Crippen LogP contribution is 2.22. The molecule has 0 atom stereocenters. The van der Waals surface area contributed by atoms with Crippen LogP contribution in [0.2, 0.25) is 5.02 Å². The normalized spacial score (nSPS) is 16.2. The van der Waals surface area contributed by atoms with Crippen LogP contribution in [-0.4, -0.2) is 41.8 Å². The molecule has 0 amide bonds. The number of hydrogen-bond acceptors (Lipinski definition) is 3. The topological polar surface area (TPSA) is 30.3 Å². The Morgan fingerprint density at radius 2 is 2.05 bits per heavy atom. The summed E-state index contributed by atoms with van der Waals surface area (Å²) in [7, 11) is 0. The smallest absolute Gasteiger partial charge is 0.130 e. The summed E-state index contributed by atoms with van der Waals surface area (Å²) in [5.74, 6) is 1.54. The second-order valence-electron chi connectivity index (χ2n) is 4.48. The molecule has 0 N–H and O–H groups in total. The van der Waals surface area contributed by atoms with Gasteiger partial charge in [-0.2, -0.15) is 0 Å². The third kappa shape index (κ3) is 2.53. The summed E-state index contributed by atoms with van der Waals surface area (Å²) in [5, 5.41) is 2.96. The molecule has 1 aromatic carbocycles. The van der Waals surface area contributed by atoms with Crippen LogP contribution in [0, 0.1) is 0 Å². The molecular weight excluding hydrogens is 285 g/mol. The standard InChI is InChI=1S/C13H15Cl2N3O/c14-4-3-13-16-11-9-10(15)1-2-12(11)18(13)17-5-7-19-8-6-17/h1-2,9H,3-8H2. The van der Waals surface area contributed by atoms with Crippen LogP contribution in [0.15, 0.2) is 18.2 Å². The molecule has 2 heterocycles. The summed E-state index contributed by atoms with van der Waals surface area (Å²) < 4.78 is 7.57. The third-order valence-corrected chi connectivity index (χ3v) is 3.67. The maximum atomic E-state index is 6.03. The minimum atomic E-state index is 0.557. The maximum absolute atomic E-state index is 6.03. The molecule has 19 heavy (non-hydrogen) atoms. The second-order valence-corrected chi connectivity index (χ2v) is 5.29. The van der Waals surface area contributed by atoms with Crippen molar-refractivity contribution < 1.29 is 4.74 Å². The predicted octanol–water partition coefficient (Wildman–Crippen LogP) is 2.44. The van der Waals surface area contributed by atoms with Crippen LogP contribution in [0.4, 0.5) is 0 Å². The van der Waals surface area contributed by atoms with Crippen molar-refractivity contribution in [3.8, 4) is 0 Å². The number of rotatable bonds is 3. The van der Waals surface area contributed by atoms with E-state index < -0.39 is 0 Å². The van der Waals surface area contributed by atoms with E-state index in [0.717, 1.165) is 49.6 Å². The van der Waals surface area contributed by atoms with E-state index >= 15 is 0 Å². The minimum absolute atomic E-state index is 0.557. The molecule has 1 saturated heterocycles. The molecular formula is C13H15Cl2N3O. The van der Waals surface area contributed by atoms with Crippen LogP contribution in [0.25, 0.3) is 11.0 Å². The summed E-state index contributed by atoms with van der Waals surface area (Å²) in [5.41, 5.74) is 1.99. The number of nitrogens with zero attached hydrogens (tertiary/aromatic N) is 3. The van der Waals surface area contributed by atoms with Crippen LogP contribution < -0.4 is 5.01 Å². The third-order valence-electron chi connectivity index (χ3n) is 3.25. The van der Waals surface area contributed by atoms with E-state index in [0.29, 0.717) is 10.9 Å². The summed E-state index contributed by atoms with van der Waals surface area (Å²) in [4.78, 5) is 4.65. The van der Waals surface area contributed by atoms with Crippen molar-refractivity contribution in [2.45, 2.75) is 6.42 Å². The average Bonchev–Trinajstić information content (AvgIpc) is 2.77. The van der Waals surface area contributed by atoms with Gasteiger partial charge < -0.3 is 9.75 Å². The zero-order valence-electron chi connectivity index (χ0n) is 10.5. The monoisotopic (exact) mass is 299 g/mol. The van der Waals surface area contributed by atoms with Gasteiger partial charge in [0.05, 0.1) is 37.3 Å². The zero-order chi connectivity index (χ0) is 13.2. The Kier molecular flexibility index (Phi) is 3.82. The fraction of sp³-hybridized carbons (Fsp3) is 0.462. The van der Waals surface area contributed by atoms with Crippen LogP contribution in [0.3, 0.4) is 0 Å². The van der Waals surface area contributed by atoms with Gasteiger partial charge >= 0.3 is 0 Å². The average molecular weight is 300 g/mol. The number of hydrogen-bond donors (Lipinski definition) is 0. The van der Waals surface area contributed by atoms with E-state index in [1.54, 1.807) is 0 Å². The van der Waals surface area contributed by atoms with Crippen LogP contribution in [0.1, 0.15) is 5.82 Å². The number of halogens is 2. The number of alkyl halides is 1. The lowest BCUT2D eigenvalue weighted by atomic mass is 10.3. The van der Waals surface area contributed by atoms with Crippen molar-refractivity contribution in [2.24, 2.45) is 0 Å². The summed E-state index contributed by atoms with van der Waals surface area (Å²) in [6.07, 6.45) is 0.741. The molecule has 0 bridgehead atoms. The van der Waals surface area contributed by atoms with E-state index in [4.69, 9.17) is 27.9 Å². The highest BCUT2D eigenvalue weighted by atomic mass is 35.5. The summed E-state index contributed by atoms with van der Waals surface area (Å²) >= 11 is 11.9. The number of aromatic nitrogens is 2. The minimum Gasteiger partial charge on any atom is -0.378 e. The molecule has 0 radical (unpaired) electrons. The Labute approximate surface area is 121 Å². The van der Waals surface area contributed by atoms with Gasteiger partial charge in [0.1, 0.15) is 5.82 Å². The number of imidazole rings is 1. The largest absolute Gasteiger partial charge is 0.378 e. The van der Waals surface area contributed by atoms with E-state index in [9.17, 15) is 0 Å². The Morgan fingerprint density at radius 3 is 2.79 bits per heavy atom. The van der Waals surface area contributed by atoms with Gasteiger partial charge in [-0.05, 0) is 18.2 Å². The van der Waals surface area contributed by atoms with Crippen molar-refractivity contribution in [1.82, 2.24) is 9.66 Å². The van der Waals surface area contributed by atoms with Crippen molar-refractivity contribution in [3.05, 3.63) is 29.0 Å². The molecule has 1 aromatic heterocycles. The molecule has 0 spiro atoms. The van der Waals surface area contributed by atoms with Crippen LogP contribution in [-0.2, 0) is 11.2 Å². The van der Waals surface area contributed by atoms with Gasteiger partial charge in [-0.25, -0.2) is 9.66 Å². The number of fused-ring (bicyclic) bond motifs is 1. The zero-order valence-corrected chi connectivity index (χ0v) is 12.0. The number of ether oxygens (including phenoxy) is 1. The van der Waals surface area contributed by atoms with E-state index in [1.807, 2.05) is 18.2 Å². The lowest BCUT2D eigenvalue weighted by Crippen LogP contribution is -2.44. The van der Waals surface area contributed by atoms with Crippen LogP contribution in [0.5, 0.6) is 0 Å². The van der Waals surface area contributed by atoms with Gasteiger partial charge in [-0.1, -0.05) is 11.6 Å². The van der Waals surface area contributed by atoms with Gasteiger partial charge in [0.25, 0.3) is 0 Å². The first-order valence-corrected chi connectivity index (χ1v) is 7.26. The molecule has 3 rings (SSSR count). The number of benzene rings is 1. The lowest BCUT2D eigenvalue weighted by Gasteiger charge is -2.31. The van der Waals surface area contributed by atoms with Crippen molar-refractivity contribution in [2.75, 3.05) is 37.2 Å². The highest BCUT2D eigenvalue weighted by molar-refractivity contribution is 6.31. The molecule has 0 unspecified atom stereocenters. The first kappa shape index (κ1) is 13.0. The fourth-order valence-corrected chi connectivity index (χ4v) is 2.74. The first-order valence-electron chi connectivity index (χ1n) is 6.35. The SMILES string of the molecule is ClCCc1nc2cc(Cl)ccc2n1N1CCOCC1. The summed E-state index contributed by atoms with van der Waals surface area (Å²) in [6.45, 7) is 3.22. The van der Waals surface area contributed by atoms with E-state index in [2.05, 4.69) is 14.7 Å². The Bertz CT molecular complexity index is 579. The molecule has 0 aliphatic carbocycles. The Morgan fingerprint density at radius 1 is 1.26 bits per heavy atom. The molecule has 4 nitrogen and oxygen atoms in total. The van der Waals surface area contributed by atoms with Gasteiger partial charge in [0.2, 0.25) is 0 Å². The summed E-state index contributed by atoms with van der Waals surface area (Å²) in [6, 6.07) is 5.80. The fourth-order valence-electron chi connectivity index (χ4n) is 2.41. The molecule has 0 saturated carbocycles. The molecule has 1 aliphatic heterocycles. The predicted molar refractivity (Wildman–Crippen MR) is 77.9 cm³/mol. The Balaban J connectivity index is 2.09. The number of morpholine rings is 1. The van der Waals surface area contributed by atoms with Crippen molar-refractivity contribution >= 4 is 34.2 Å². The molecule has 1 aliphatic rings. The maximum Gasteiger partial charge on any atom is 0.130 e. The molecule has 2 aromatic rings. The molecule has 1 fully saturated rings. The van der Waals surface area contributed by atoms with Crippen LogP contribution >= 0.6 is 23.2 Å². The molecule has 6 heteroatoms. The molecule has 102 valence electrons. The second kappa shape index (κ2) is 5.57. The van der Waals surface area contributed by atoms with Gasteiger partial charge in [-0.3, -0.25) is 0 Å². The van der Waals surface area contributed by atoms with Gasteiger partial charge in [-0.15, -0.1) is 11.6 Å². The number of aryl methyl sites for hydroxylation is 1. The van der Waals surface area contributed by atoms with Gasteiger partial charge in [0.15, 0.2) is 0 Å². The van der Waals surface area contributed by atoms with E-state index in [-0.39, 0.29) is 0 Å². The van der Waals surface area contributed by atoms with E-state index in [1.165, 1.54) is 0 Å². The van der Waals surface area contributed by atoms with Crippen molar-refractivity contribution in [1.29, 1.82) is 0 Å². The lowest BCUT2D eigenvalue weighted by molar-refractivity contribution is 0.111. The first-order chi connectivity index (χ1) is 9.29. The van der Waals surface area contributed by atoms with Crippen molar-refractivity contribution in [3.63, 3.8) is 0 Å². The quantitative estimate of drug-likeness (QED) is 0.816. The highest BCUT2D eigenvalue weighted by Gasteiger charge is 2.18.